The van der Waals surface area contributed by atoms with Crippen molar-refractivity contribution in [1.29, 1.82) is 0 Å². The van der Waals surface area contributed by atoms with Crippen LogP contribution >= 0.6 is 0 Å². The molecule has 0 aliphatic heterocycles. The van der Waals surface area contributed by atoms with E-state index in [1.807, 2.05) is 19.1 Å². The molecule has 1 aromatic rings. The van der Waals surface area contributed by atoms with Gasteiger partial charge in [-0.15, -0.1) is 0 Å². The van der Waals surface area contributed by atoms with Crippen LogP contribution in [0, 0.1) is 5.92 Å². The number of rotatable bonds is 7. The molecule has 0 aromatic heterocycles. The van der Waals surface area contributed by atoms with Gasteiger partial charge in [0.1, 0.15) is 0 Å². The molecule has 19 heavy (non-hydrogen) atoms. The molecule has 3 N–H and O–H groups in total. The Morgan fingerprint density at radius 1 is 1.21 bits per heavy atom. The van der Waals surface area contributed by atoms with E-state index in [2.05, 4.69) is 19.2 Å². The van der Waals surface area contributed by atoms with Crippen molar-refractivity contribution in [2.75, 3.05) is 17.6 Å². The third-order valence-corrected chi connectivity index (χ3v) is 5.24. The summed E-state index contributed by atoms with van der Waals surface area (Å²) in [5, 5.41) is 3.33. The van der Waals surface area contributed by atoms with E-state index in [0.717, 1.165) is 5.69 Å². The minimum Gasteiger partial charge on any atom is -0.382 e. The molecule has 0 bridgehead atoms. The van der Waals surface area contributed by atoms with Gasteiger partial charge in [0.25, 0.3) is 0 Å². The molecular weight excluding hydrogens is 260 g/mol. The van der Waals surface area contributed by atoms with Gasteiger partial charge in [-0.05, 0) is 50.1 Å². The van der Waals surface area contributed by atoms with Gasteiger partial charge in [-0.1, -0.05) is 13.8 Å². The first-order valence-corrected chi connectivity index (χ1v) is 8.35. The zero-order valence-corrected chi connectivity index (χ0v) is 12.7. The Morgan fingerprint density at radius 3 is 2.26 bits per heavy atom. The van der Waals surface area contributed by atoms with Crippen molar-refractivity contribution in [1.82, 2.24) is 0 Å². The van der Waals surface area contributed by atoms with Crippen LogP contribution in [0.2, 0.25) is 0 Å². The van der Waals surface area contributed by atoms with Crippen molar-refractivity contribution >= 4 is 15.5 Å². The summed E-state index contributed by atoms with van der Waals surface area (Å²) >= 11 is 0. The second-order valence-electron chi connectivity index (χ2n) is 4.99. The topological polar surface area (TPSA) is 72.2 Å². The van der Waals surface area contributed by atoms with Gasteiger partial charge in [0, 0.05) is 11.7 Å². The summed E-state index contributed by atoms with van der Waals surface area (Å²) < 4.78 is 23.8. The first-order chi connectivity index (χ1) is 8.90. The first-order valence-electron chi connectivity index (χ1n) is 6.70. The number of benzene rings is 1. The quantitative estimate of drug-likeness (QED) is 0.805. The van der Waals surface area contributed by atoms with Crippen LogP contribution < -0.4 is 11.1 Å². The average molecular weight is 284 g/mol. The summed E-state index contributed by atoms with van der Waals surface area (Å²) in [6.45, 7) is 6.64. The van der Waals surface area contributed by atoms with E-state index < -0.39 is 9.84 Å². The molecule has 4 nitrogen and oxygen atoms in total. The van der Waals surface area contributed by atoms with Gasteiger partial charge in [0.15, 0.2) is 9.84 Å². The monoisotopic (exact) mass is 284 g/mol. The highest BCUT2D eigenvalue weighted by Crippen LogP contribution is 2.17. The van der Waals surface area contributed by atoms with Crippen molar-refractivity contribution in [3.05, 3.63) is 24.3 Å². The summed E-state index contributed by atoms with van der Waals surface area (Å²) in [7, 11) is -3.12. The third kappa shape index (κ3) is 4.51. The molecule has 0 heterocycles. The molecule has 0 aliphatic carbocycles. The maximum Gasteiger partial charge on any atom is 0.178 e. The molecule has 0 radical (unpaired) electrons. The second kappa shape index (κ2) is 6.91. The Kier molecular flexibility index (Phi) is 5.82. The Morgan fingerprint density at radius 2 is 1.79 bits per heavy atom. The lowest BCUT2D eigenvalue weighted by atomic mass is 10.0. The van der Waals surface area contributed by atoms with E-state index in [-0.39, 0.29) is 11.8 Å². The molecule has 0 fully saturated rings. The fourth-order valence-corrected chi connectivity index (χ4v) is 3.08. The number of nitrogens with one attached hydrogen (secondary N) is 1. The van der Waals surface area contributed by atoms with E-state index >= 15 is 0 Å². The Labute approximate surface area is 116 Å². The molecule has 0 aliphatic rings. The summed E-state index contributed by atoms with van der Waals surface area (Å²) in [6.07, 6.45) is 0.632. The van der Waals surface area contributed by atoms with Gasteiger partial charge < -0.3 is 11.1 Å². The van der Waals surface area contributed by atoms with Crippen molar-refractivity contribution in [3.8, 4) is 0 Å². The second-order valence-corrected chi connectivity index (χ2v) is 7.10. The Bertz CT molecular complexity index is 483. The van der Waals surface area contributed by atoms with Gasteiger partial charge in [-0.2, -0.15) is 0 Å². The summed E-state index contributed by atoms with van der Waals surface area (Å²) in [6, 6.07) is 7.19. The standard InChI is InChI=1S/C14H24N2O2S/c1-4-9-19(17,18)14-7-5-13(6-8-14)16-12(3)11(2)10-15/h5-8,11-12,16H,4,9-10,15H2,1-3H3. The molecule has 0 spiro atoms. The third-order valence-electron chi connectivity index (χ3n) is 3.31. The number of hydrogen-bond donors (Lipinski definition) is 2. The van der Waals surface area contributed by atoms with Crippen LogP contribution in [0.5, 0.6) is 0 Å². The Hall–Kier alpha value is -1.07. The minimum absolute atomic E-state index is 0.195. The molecule has 2 unspecified atom stereocenters. The van der Waals surface area contributed by atoms with E-state index in [0.29, 0.717) is 23.8 Å². The normalized spacial score (nSPS) is 14.9. The zero-order valence-electron chi connectivity index (χ0n) is 11.9. The van der Waals surface area contributed by atoms with Gasteiger partial charge >= 0.3 is 0 Å². The predicted octanol–water partition coefficient (Wildman–Crippen LogP) is 2.27. The predicted molar refractivity (Wildman–Crippen MR) is 80.1 cm³/mol. The molecule has 5 heteroatoms. The average Bonchev–Trinajstić information content (AvgIpc) is 2.38. The molecule has 2 atom stereocenters. The molecule has 1 rings (SSSR count). The molecule has 0 saturated heterocycles. The van der Waals surface area contributed by atoms with Crippen molar-refractivity contribution in [3.63, 3.8) is 0 Å². The van der Waals surface area contributed by atoms with Gasteiger partial charge in [-0.3, -0.25) is 0 Å². The maximum absolute atomic E-state index is 11.9. The zero-order chi connectivity index (χ0) is 14.5. The van der Waals surface area contributed by atoms with Crippen LogP contribution in [0.3, 0.4) is 0 Å². The summed E-state index contributed by atoms with van der Waals surface area (Å²) in [4.78, 5) is 0.388. The lowest BCUT2D eigenvalue weighted by molar-refractivity contribution is 0.521. The maximum atomic E-state index is 11.9. The van der Waals surface area contributed by atoms with Crippen molar-refractivity contribution < 1.29 is 8.42 Å². The highest BCUT2D eigenvalue weighted by atomic mass is 32.2. The minimum atomic E-state index is -3.12. The van der Waals surface area contributed by atoms with E-state index in [1.165, 1.54) is 0 Å². The lowest BCUT2D eigenvalue weighted by Gasteiger charge is -2.21. The molecule has 0 saturated carbocycles. The number of nitrogens with two attached hydrogens (primary N) is 1. The molecular formula is C14H24N2O2S. The van der Waals surface area contributed by atoms with Gasteiger partial charge in [-0.25, -0.2) is 8.42 Å². The number of anilines is 1. The largest absolute Gasteiger partial charge is 0.382 e. The van der Waals surface area contributed by atoms with Crippen LogP contribution in [-0.4, -0.2) is 26.8 Å². The smallest absolute Gasteiger partial charge is 0.178 e. The van der Waals surface area contributed by atoms with E-state index in [1.54, 1.807) is 12.1 Å². The number of hydrogen-bond acceptors (Lipinski definition) is 4. The van der Waals surface area contributed by atoms with E-state index in [9.17, 15) is 8.42 Å². The highest BCUT2D eigenvalue weighted by Gasteiger charge is 2.14. The Balaban J connectivity index is 2.77. The molecule has 108 valence electrons. The van der Waals surface area contributed by atoms with Gasteiger partial charge in [0.05, 0.1) is 10.6 Å². The van der Waals surface area contributed by atoms with Gasteiger partial charge in [0.2, 0.25) is 0 Å². The van der Waals surface area contributed by atoms with Crippen LogP contribution in [-0.2, 0) is 9.84 Å². The van der Waals surface area contributed by atoms with E-state index in [4.69, 9.17) is 5.73 Å². The fourth-order valence-electron chi connectivity index (χ4n) is 1.75. The van der Waals surface area contributed by atoms with Crippen LogP contribution in [0.25, 0.3) is 0 Å². The van der Waals surface area contributed by atoms with Crippen molar-refractivity contribution in [2.24, 2.45) is 11.7 Å². The first kappa shape index (κ1) is 16.0. The van der Waals surface area contributed by atoms with Crippen molar-refractivity contribution in [2.45, 2.75) is 38.1 Å². The fraction of sp³-hybridized carbons (Fsp3) is 0.571. The summed E-state index contributed by atoms with van der Waals surface area (Å²) in [5.41, 5.74) is 6.54. The molecule has 0 amide bonds. The number of sulfone groups is 1. The van der Waals surface area contributed by atoms with Crippen LogP contribution in [0.4, 0.5) is 5.69 Å². The highest BCUT2D eigenvalue weighted by molar-refractivity contribution is 7.91. The lowest BCUT2D eigenvalue weighted by Crippen LogP contribution is -2.29. The SMILES string of the molecule is CCCS(=O)(=O)c1ccc(NC(C)C(C)CN)cc1. The summed E-state index contributed by atoms with van der Waals surface area (Å²) in [5.74, 6) is 0.559. The van der Waals surface area contributed by atoms with Crippen LogP contribution in [0.15, 0.2) is 29.2 Å². The molecule has 1 aromatic carbocycles. The van der Waals surface area contributed by atoms with Crippen LogP contribution in [0.1, 0.15) is 27.2 Å².